The van der Waals surface area contributed by atoms with Crippen LogP contribution in [0.3, 0.4) is 0 Å². The predicted octanol–water partition coefficient (Wildman–Crippen LogP) is 2.57. The molecule has 0 saturated heterocycles. The van der Waals surface area contributed by atoms with Crippen molar-refractivity contribution in [2.75, 3.05) is 13.1 Å². The van der Waals surface area contributed by atoms with Gasteiger partial charge in [-0.2, -0.15) is 0 Å². The lowest BCUT2D eigenvalue weighted by Crippen LogP contribution is -2.37. The van der Waals surface area contributed by atoms with Crippen LogP contribution in [0.2, 0.25) is 0 Å². The molecule has 1 aromatic heterocycles. The smallest absolute Gasteiger partial charge is 0.264 e. The molecule has 88 valence electrons. The largest absolute Gasteiger partial charge is 0.392 e. The zero-order chi connectivity index (χ0) is 12.3. The molecule has 0 radical (unpaired) electrons. The number of hydrogen-bond acceptors (Lipinski definition) is 3. The van der Waals surface area contributed by atoms with Crippen molar-refractivity contribution in [3.8, 4) is 0 Å². The molecule has 6 heteroatoms. The number of aryl methyl sites for hydroxylation is 1. The van der Waals surface area contributed by atoms with Crippen molar-refractivity contribution >= 4 is 50.4 Å². The van der Waals surface area contributed by atoms with E-state index >= 15 is 0 Å². The van der Waals surface area contributed by atoms with Gasteiger partial charge < -0.3 is 10.6 Å². The first-order valence-corrected chi connectivity index (χ1v) is 6.81. The number of likely N-dealkylation sites (N-methyl/N-ethyl adjacent to an activating group) is 1. The topological polar surface area (TPSA) is 46.3 Å². The van der Waals surface area contributed by atoms with Crippen LogP contribution in [-0.2, 0) is 0 Å². The molecular weight excluding hydrogens is 308 g/mol. The minimum Gasteiger partial charge on any atom is -0.392 e. The zero-order valence-corrected chi connectivity index (χ0v) is 12.3. The molecule has 0 bridgehead atoms. The normalized spacial score (nSPS) is 10.2. The van der Waals surface area contributed by atoms with Gasteiger partial charge in [-0.15, -0.1) is 11.3 Å². The molecule has 1 rings (SSSR count). The summed E-state index contributed by atoms with van der Waals surface area (Å²) in [4.78, 5) is 14.8. The molecule has 0 aromatic carbocycles. The van der Waals surface area contributed by atoms with E-state index < -0.39 is 0 Å². The van der Waals surface area contributed by atoms with Crippen molar-refractivity contribution < 1.29 is 4.79 Å². The Hall–Kier alpha value is -0.460. The Balaban J connectivity index is 2.86. The second-order valence-corrected chi connectivity index (χ2v) is 6.25. The van der Waals surface area contributed by atoms with Crippen molar-refractivity contribution in [3.05, 3.63) is 20.3 Å². The van der Waals surface area contributed by atoms with Gasteiger partial charge in [0.25, 0.3) is 5.91 Å². The second kappa shape index (κ2) is 5.75. The molecule has 0 spiro atoms. The summed E-state index contributed by atoms with van der Waals surface area (Å²) in [6.45, 7) is 4.80. The highest BCUT2D eigenvalue weighted by atomic mass is 79.9. The van der Waals surface area contributed by atoms with E-state index in [1.54, 1.807) is 4.90 Å². The maximum absolute atomic E-state index is 12.1. The molecule has 0 aliphatic carbocycles. The van der Waals surface area contributed by atoms with Crippen LogP contribution < -0.4 is 5.73 Å². The highest BCUT2D eigenvalue weighted by Crippen LogP contribution is 2.28. The number of halogens is 1. The third-order valence-electron chi connectivity index (χ3n) is 2.08. The van der Waals surface area contributed by atoms with E-state index in [4.69, 9.17) is 18.0 Å². The van der Waals surface area contributed by atoms with Gasteiger partial charge >= 0.3 is 0 Å². The minimum absolute atomic E-state index is 0.0194. The molecule has 0 atom stereocenters. The molecule has 0 aliphatic heterocycles. The van der Waals surface area contributed by atoms with Crippen molar-refractivity contribution in [3.63, 3.8) is 0 Å². The highest BCUT2D eigenvalue weighted by Gasteiger charge is 2.17. The number of hydrogen-bond donors (Lipinski definition) is 1. The van der Waals surface area contributed by atoms with Crippen molar-refractivity contribution in [2.24, 2.45) is 5.73 Å². The highest BCUT2D eigenvalue weighted by molar-refractivity contribution is 9.11. The van der Waals surface area contributed by atoms with Gasteiger partial charge in [0.05, 0.1) is 20.2 Å². The maximum atomic E-state index is 12.1. The summed E-state index contributed by atoms with van der Waals surface area (Å²) < 4.78 is 0.988. The van der Waals surface area contributed by atoms with Gasteiger partial charge in [0.1, 0.15) is 0 Å². The standard InChI is InChI=1S/C10H13BrN2OS2/c1-3-13(5-8(12)15)10(14)7-4-6(2)9(11)16-7/h4H,3,5H2,1-2H3,(H2,12,15). The Bertz CT molecular complexity index is 397. The van der Waals surface area contributed by atoms with E-state index in [1.165, 1.54) is 11.3 Å². The van der Waals surface area contributed by atoms with E-state index in [1.807, 2.05) is 19.9 Å². The first-order chi connectivity index (χ1) is 7.45. The van der Waals surface area contributed by atoms with E-state index in [2.05, 4.69) is 15.9 Å². The molecule has 2 N–H and O–H groups in total. The summed E-state index contributed by atoms with van der Waals surface area (Å²) in [7, 11) is 0. The maximum Gasteiger partial charge on any atom is 0.264 e. The Labute approximate surface area is 113 Å². The molecule has 16 heavy (non-hydrogen) atoms. The Morgan fingerprint density at radius 1 is 1.69 bits per heavy atom. The molecule has 1 amide bonds. The summed E-state index contributed by atoms with van der Waals surface area (Å²) in [6.07, 6.45) is 0. The van der Waals surface area contributed by atoms with Crippen LogP contribution in [0.4, 0.5) is 0 Å². The van der Waals surface area contributed by atoms with Crippen LogP contribution in [0, 0.1) is 6.92 Å². The summed E-state index contributed by atoms with van der Waals surface area (Å²) >= 11 is 9.65. The molecule has 0 saturated carbocycles. The number of amides is 1. The number of thiophene rings is 1. The summed E-state index contributed by atoms with van der Waals surface area (Å²) in [5.74, 6) is -0.0194. The Morgan fingerprint density at radius 2 is 2.31 bits per heavy atom. The lowest BCUT2D eigenvalue weighted by Gasteiger charge is -2.18. The van der Waals surface area contributed by atoms with E-state index in [-0.39, 0.29) is 5.91 Å². The average molecular weight is 321 g/mol. The number of nitrogens with zero attached hydrogens (tertiary/aromatic N) is 1. The van der Waals surface area contributed by atoms with Gasteiger partial charge in [0, 0.05) is 6.54 Å². The minimum atomic E-state index is -0.0194. The molecule has 3 nitrogen and oxygen atoms in total. The summed E-state index contributed by atoms with van der Waals surface area (Å²) in [6, 6.07) is 1.87. The first-order valence-electron chi connectivity index (χ1n) is 4.79. The molecule has 1 aromatic rings. The SMILES string of the molecule is CCN(CC(N)=S)C(=O)c1cc(C)c(Br)s1. The van der Waals surface area contributed by atoms with Crippen molar-refractivity contribution in [1.29, 1.82) is 0 Å². The van der Waals surface area contributed by atoms with Crippen LogP contribution in [0.5, 0.6) is 0 Å². The number of carbonyl (C=O) groups excluding carboxylic acids is 1. The van der Waals surface area contributed by atoms with E-state index in [9.17, 15) is 4.79 Å². The quantitative estimate of drug-likeness (QED) is 0.867. The van der Waals surface area contributed by atoms with Gasteiger partial charge in [-0.1, -0.05) is 12.2 Å². The van der Waals surface area contributed by atoms with Crippen LogP contribution in [0.1, 0.15) is 22.2 Å². The van der Waals surface area contributed by atoms with Crippen LogP contribution in [0.25, 0.3) is 0 Å². The van der Waals surface area contributed by atoms with Gasteiger partial charge in [0.15, 0.2) is 0 Å². The number of nitrogens with two attached hydrogens (primary N) is 1. The van der Waals surface area contributed by atoms with Crippen LogP contribution in [0.15, 0.2) is 9.85 Å². The van der Waals surface area contributed by atoms with Gasteiger partial charge in [0.2, 0.25) is 0 Å². The fourth-order valence-corrected chi connectivity index (χ4v) is 2.90. The number of rotatable bonds is 4. The molecular formula is C10H13BrN2OS2. The zero-order valence-electron chi connectivity index (χ0n) is 9.12. The third kappa shape index (κ3) is 3.26. The van der Waals surface area contributed by atoms with E-state index in [0.717, 1.165) is 9.35 Å². The lowest BCUT2D eigenvalue weighted by atomic mass is 10.3. The number of thiocarbonyl (C=S) groups is 1. The van der Waals surface area contributed by atoms with Gasteiger partial charge in [-0.3, -0.25) is 4.79 Å². The first kappa shape index (κ1) is 13.6. The van der Waals surface area contributed by atoms with Crippen LogP contribution >= 0.6 is 39.5 Å². The molecule has 0 fully saturated rings. The monoisotopic (exact) mass is 320 g/mol. The number of carbonyl (C=O) groups is 1. The average Bonchev–Trinajstić information content (AvgIpc) is 2.54. The van der Waals surface area contributed by atoms with E-state index in [0.29, 0.717) is 23.0 Å². The van der Waals surface area contributed by atoms with Crippen molar-refractivity contribution in [1.82, 2.24) is 4.90 Å². The molecule has 1 heterocycles. The van der Waals surface area contributed by atoms with Gasteiger partial charge in [-0.05, 0) is 41.4 Å². The van der Waals surface area contributed by atoms with Gasteiger partial charge in [-0.25, -0.2) is 0 Å². The van der Waals surface area contributed by atoms with Crippen LogP contribution in [-0.4, -0.2) is 28.9 Å². The Morgan fingerprint density at radius 3 is 2.69 bits per heavy atom. The summed E-state index contributed by atoms with van der Waals surface area (Å²) in [5.41, 5.74) is 6.52. The fourth-order valence-electron chi connectivity index (χ4n) is 1.24. The van der Waals surface area contributed by atoms with Crippen molar-refractivity contribution in [2.45, 2.75) is 13.8 Å². The Kier molecular flexibility index (Phi) is 4.89. The predicted molar refractivity (Wildman–Crippen MR) is 75.1 cm³/mol. The molecule has 0 aliphatic rings. The lowest BCUT2D eigenvalue weighted by molar-refractivity contribution is 0.0792. The fraction of sp³-hybridized carbons (Fsp3) is 0.400. The third-order valence-corrected chi connectivity index (χ3v) is 4.34. The summed E-state index contributed by atoms with van der Waals surface area (Å²) in [5, 5.41) is 0. The molecule has 0 unspecified atom stereocenters. The second-order valence-electron chi connectivity index (χ2n) is 3.35.